The van der Waals surface area contributed by atoms with Crippen LogP contribution >= 0.6 is 22.9 Å². The van der Waals surface area contributed by atoms with Gasteiger partial charge in [0.2, 0.25) is 0 Å². The van der Waals surface area contributed by atoms with Crippen LogP contribution in [0.2, 0.25) is 4.34 Å². The van der Waals surface area contributed by atoms with Gasteiger partial charge in [0.05, 0.1) is 0 Å². The lowest BCUT2D eigenvalue weighted by molar-refractivity contribution is 0.465. The van der Waals surface area contributed by atoms with Gasteiger partial charge in [-0.15, -0.1) is 11.3 Å². The predicted octanol–water partition coefficient (Wildman–Crippen LogP) is 1.03. The van der Waals surface area contributed by atoms with Crippen LogP contribution in [-0.4, -0.2) is 25.9 Å². The lowest BCUT2D eigenvalue weighted by atomic mass is 10.6. The van der Waals surface area contributed by atoms with Gasteiger partial charge in [0, 0.05) is 0 Å². The molecule has 0 aliphatic carbocycles. The Morgan fingerprint density at radius 1 is 1.13 bits per heavy atom. The summed E-state index contributed by atoms with van der Waals surface area (Å²) in [6.45, 7) is 0. The molecule has 0 saturated heterocycles. The Morgan fingerprint density at radius 2 is 1.60 bits per heavy atom. The molecule has 0 bridgehead atoms. The van der Waals surface area contributed by atoms with Crippen molar-refractivity contribution in [1.82, 2.24) is 0 Å². The maximum absolute atomic E-state index is 13.1. The molecule has 86 valence electrons. The van der Waals surface area contributed by atoms with Gasteiger partial charge in [-0.05, 0) is 0 Å². The molecule has 1 heterocycles. The second kappa shape index (κ2) is 3.64. The second-order valence-corrected chi connectivity index (χ2v) is 6.85. The average molecular weight is 297 g/mol. The van der Waals surface area contributed by atoms with Crippen LogP contribution in [0.25, 0.3) is 0 Å². The zero-order valence-electron chi connectivity index (χ0n) is 6.51. The Morgan fingerprint density at radius 3 is 1.80 bits per heavy atom. The molecular formula is C4H2ClFO6S3. The van der Waals surface area contributed by atoms with Crippen LogP contribution in [-0.2, 0) is 20.2 Å². The maximum atomic E-state index is 13.1. The minimum Gasteiger partial charge on any atom is -0.282 e. The molecule has 0 atom stereocenters. The Balaban J connectivity index is 3.70. The summed E-state index contributed by atoms with van der Waals surface area (Å²) in [6, 6.07) is 0. The van der Waals surface area contributed by atoms with E-state index in [0.29, 0.717) is 0 Å². The average Bonchev–Trinajstić information content (AvgIpc) is 2.22. The van der Waals surface area contributed by atoms with Gasteiger partial charge >= 0.3 is 10.1 Å². The van der Waals surface area contributed by atoms with Crippen LogP contribution in [0.4, 0.5) is 4.39 Å². The lowest BCUT2D eigenvalue weighted by Crippen LogP contribution is -2.03. The summed E-state index contributed by atoms with van der Waals surface area (Å²) >= 11 is 5.19. The van der Waals surface area contributed by atoms with Gasteiger partial charge in [-0.2, -0.15) is 16.8 Å². The Hall–Kier alpha value is -0.260. The largest absolute Gasteiger partial charge is 0.307 e. The molecule has 0 unspecified atom stereocenters. The van der Waals surface area contributed by atoms with E-state index in [1.807, 2.05) is 0 Å². The third-order valence-electron chi connectivity index (χ3n) is 1.23. The van der Waals surface area contributed by atoms with E-state index in [0.717, 1.165) is 0 Å². The van der Waals surface area contributed by atoms with Crippen molar-refractivity contribution in [2.24, 2.45) is 0 Å². The first kappa shape index (κ1) is 12.8. The van der Waals surface area contributed by atoms with Crippen molar-refractivity contribution >= 4 is 43.2 Å². The van der Waals surface area contributed by atoms with Crippen molar-refractivity contribution in [3.8, 4) is 0 Å². The van der Waals surface area contributed by atoms with E-state index in [1.165, 1.54) is 0 Å². The number of halogens is 2. The normalized spacial score (nSPS) is 13.1. The number of hydrogen-bond acceptors (Lipinski definition) is 5. The highest BCUT2D eigenvalue weighted by Crippen LogP contribution is 2.37. The quantitative estimate of drug-likeness (QED) is 0.789. The smallest absolute Gasteiger partial charge is 0.282 e. The first-order valence-electron chi connectivity index (χ1n) is 2.98. The van der Waals surface area contributed by atoms with Gasteiger partial charge in [-0.25, -0.2) is 4.39 Å². The van der Waals surface area contributed by atoms with E-state index in [-0.39, 0.29) is 11.3 Å². The third-order valence-corrected chi connectivity index (χ3v) is 5.07. The summed E-state index contributed by atoms with van der Waals surface area (Å²) in [5.74, 6) is -1.80. The van der Waals surface area contributed by atoms with Crippen LogP contribution in [0, 0.1) is 5.82 Å². The molecule has 1 rings (SSSR count). The zero-order valence-corrected chi connectivity index (χ0v) is 9.71. The van der Waals surface area contributed by atoms with Crippen molar-refractivity contribution in [3.63, 3.8) is 0 Å². The molecular weight excluding hydrogens is 295 g/mol. The van der Waals surface area contributed by atoms with Gasteiger partial charge in [0.15, 0.2) is 14.9 Å². The van der Waals surface area contributed by atoms with Crippen molar-refractivity contribution in [2.75, 3.05) is 0 Å². The first-order valence-corrected chi connectivity index (χ1v) is 7.05. The Kier molecular flexibility index (Phi) is 3.11. The number of rotatable bonds is 2. The molecule has 0 saturated carbocycles. The van der Waals surface area contributed by atoms with Crippen LogP contribution < -0.4 is 0 Å². The second-order valence-electron chi connectivity index (χ2n) is 2.26. The molecule has 0 amide bonds. The fourth-order valence-corrected chi connectivity index (χ4v) is 4.11. The molecule has 2 N–H and O–H groups in total. The Bertz CT molecular complexity index is 599. The first-order chi connectivity index (χ1) is 6.55. The molecule has 15 heavy (non-hydrogen) atoms. The van der Waals surface area contributed by atoms with E-state index in [4.69, 9.17) is 20.7 Å². The monoisotopic (exact) mass is 296 g/mol. The molecule has 1 aromatic heterocycles. The summed E-state index contributed by atoms with van der Waals surface area (Å²) < 4.78 is 70.3. The Labute approximate surface area is 92.8 Å². The summed E-state index contributed by atoms with van der Waals surface area (Å²) in [7, 11) is -9.89. The molecule has 0 spiro atoms. The van der Waals surface area contributed by atoms with Crippen LogP contribution in [0.5, 0.6) is 0 Å². The van der Waals surface area contributed by atoms with Crippen molar-refractivity contribution in [2.45, 2.75) is 9.10 Å². The van der Waals surface area contributed by atoms with E-state index in [1.54, 1.807) is 0 Å². The topological polar surface area (TPSA) is 109 Å². The summed E-state index contributed by atoms with van der Waals surface area (Å²) in [4.78, 5) is -1.36. The van der Waals surface area contributed by atoms with Crippen LogP contribution in [0.15, 0.2) is 9.10 Å². The van der Waals surface area contributed by atoms with Gasteiger partial charge in [-0.3, -0.25) is 9.11 Å². The van der Waals surface area contributed by atoms with Crippen LogP contribution in [0.1, 0.15) is 0 Å². The molecule has 0 aliphatic rings. The van der Waals surface area contributed by atoms with Gasteiger partial charge < -0.3 is 0 Å². The molecule has 11 heteroatoms. The standard InChI is InChI=1S/C4H2ClFO6S3/c5-3-2(14(7,8)9)1(6)4(13-3)15(10,11)12/h(H,7,8,9)(H,10,11,12). The summed E-state index contributed by atoms with van der Waals surface area (Å²) in [6.07, 6.45) is 0. The molecule has 0 fully saturated rings. The molecule has 6 nitrogen and oxygen atoms in total. The zero-order chi connectivity index (χ0) is 12.0. The van der Waals surface area contributed by atoms with Gasteiger partial charge in [-0.1, -0.05) is 11.6 Å². The van der Waals surface area contributed by atoms with Crippen molar-refractivity contribution in [1.29, 1.82) is 0 Å². The molecule has 0 radical (unpaired) electrons. The number of thiophene rings is 1. The highest BCUT2D eigenvalue weighted by atomic mass is 35.5. The highest BCUT2D eigenvalue weighted by Gasteiger charge is 2.31. The fourth-order valence-electron chi connectivity index (χ4n) is 0.732. The van der Waals surface area contributed by atoms with E-state index >= 15 is 0 Å². The maximum Gasteiger partial charge on any atom is 0.307 e. The predicted molar refractivity (Wildman–Crippen MR) is 48.9 cm³/mol. The lowest BCUT2D eigenvalue weighted by Gasteiger charge is -1.93. The van der Waals surface area contributed by atoms with E-state index in [2.05, 4.69) is 0 Å². The minimum absolute atomic E-state index is 0.0119. The minimum atomic E-state index is -4.98. The molecule has 0 aliphatic heterocycles. The van der Waals surface area contributed by atoms with Crippen LogP contribution in [0.3, 0.4) is 0 Å². The van der Waals surface area contributed by atoms with Crippen molar-refractivity contribution in [3.05, 3.63) is 10.2 Å². The molecule has 1 aromatic rings. The highest BCUT2D eigenvalue weighted by molar-refractivity contribution is 7.89. The summed E-state index contributed by atoms with van der Waals surface area (Å²) in [5.41, 5.74) is 0. The van der Waals surface area contributed by atoms with Crippen molar-refractivity contribution < 1.29 is 30.3 Å². The van der Waals surface area contributed by atoms with E-state index < -0.39 is 39.5 Å². The van der Waals surface area contributed by atoms with E-state index in [9.17, 15) is 21.2 Å². The SMILES string of the molecule is O=S(=O)(O)c1sc(Cl)c(S(=O)(=O)O)c1F. The molecule has 0 aromatic carbocycles. The fraction of sp³-hybridized carbons (Fsp3) is 0. The third kappa shape index (κ3) is 2.46. The van der Waals surface area contributed by atoms with Gasteiger partial charge in [0.1, 0.15) is 4.34 Å². The number of hydrogen-bond donors (Lipinski definition) is 2. The summed E-state index contributed by atoms with van der Waals surface area (Å²) in [5, 5.41) is 0. The van der Waals surface area contributed by atoms with Gasteiger partial charge in [0.25, 0.3) is 10.1 Å².